The number of alkyl carbamates (subject to hydrolysis) is 1. The van der Waals surface area contributed by atoms with Crippen molar-refractivity contribution in [1.29, 1.82) is 0 Å². The maximum Gasteiger partial charge on any atom is 0.408 e. The lowest BCUT2D eigenvalue weighted by molar-refractivity contribution is -0.116. The van der Waals surface area contributed by atoms with Crippen molar-refractivity contribution in [2.45, 2.75) is 76.9 Å². The number of nitrogens with zero attached hydrogens (tertiary/aromatic N) is 1. The van der Waals surface area contributed by atoms with Crippen LogP contribution in [0, 0.1) is 0 Å². The standard InChI is InChI=1S/C25H33ClN4O5/c1-5-6-11-18(31)30-20-19(14-9-7-8-10-15(14)28-23(20)26)27-16-12-33-22-17(13-34-21(16)22)29-24(32)35-25(2,3)4/h7-10,16-17,21-22H,5-6,11-13H2,1-4H3,(H,27,28)(H,29,32)(H,30,31)/t16-,17-,21+,22+/m0/s1. The van der Waals surface area contributed by atoms with Crippen molar-refractivity contribution in [2.75, 3.05) is 23.8 Å². The normalized spacial score (nSPS) is 23.7. The summed E-state index contributed by atoms with van der Waals surface area (Å²) in [5.74, 6) is -0.117. The van der Waals surface area contributed by atoms with E-state index in [-0.39, 0.29) is 35.4 Å². The number of carbonyl (C=O) groups is 2. The lowest BCUT2D eigenvalue weighted by atomic mass is 10.0. The molecule has 10 heteroatoms. The molecule has 0 aliphatic carbocycles. The van der Waals surface area contributed by atoms with E-state index < -0.39 is 11.7 Å². The lowest BCUT2D eigenvalue weighted by Crippen LogP contribution is -2.46. The number of hydrogen-bond acceptors (Lipinski definition) is 7. The van der Waals surface area contributed by atoms with Gasteiger partial charge in [0.25, 0.3) is 0 Å². The molecule has 0 unspecified atom stereocenters. The number of rotatable bonds is 7. The summed E-state index contributed by atoms with van der Waals surface area (Å²) in [5, 5.41) is 10.3. The van der Waals surface area contributed by atoms with E-state index in [4.69, 9.17) is 25.8 Å². The van der Waals surface area contributed by atoms with E-state index in [1.165, 1.54) is 0 Å². The molecule has 0 radical (unpaired) electrons. The number of para-hydroxylation sites is 1. The quantitative estimate of drug-likeness (QED) is 0.476. The molecule has 1 aromatic heterocycles. The predicted octanol–water partition coefficient (Wildman–Crippen LogP) is 4.49. The second-order valence-electron chi connectivity index (χ2n) is 9.92. The maximum absolute atomic E-state index is 12.5. The van der Waals surface area contributed by atoms with E-state index in [1.54, 1.807) is 0 Å². The molecular formula is C25H33ClN4O5. The average Bonchev–Trinajstić information content (AvgIpc) is 3.36. The van der Waals surface area contributed by atoms with Gasteiger partial charge in [-0.2, -0.15) is 0 Å². The molecule has 35 heavy (non-hydrogen) atoms. The van der Waals surface area contributed by atoms with Crippen molar-refractivity contribution >= 4 is 45.9 Å². The van der Waals surface area contributed by atoms with Crippen molar-refractivity contribution < 1.29 is 23.8 Å². The third kappa shape index (κ3) is 5.97. The minimum Gasteiger partial charge on any atom is -0.444 e. The molecule has 9 nitrogen and oxygen atoms in total. The molecule has 2 aliphatic rings. The van der Waals surface area contributed by atoms with Gasteiger partial charge >= 0.3 is 6.09 Å². The first-order valence-electron chi connectivity index (χ1n) is 12.0. The number of hydrogen-bond donors (Lipinski definition) is 3. The number of amides is 2. The predicted molar refractivity (Wildman–Crippen MR) is 135 cm³/mol. The highest BCUT2D eigenvalue weighted by molar-refractivity contribution is 6.34. The molecule has 3 heterocycles. The number of nitrogens with one attached hydrogen (secondary N) is 3. The second-order valence-corrected chi connectivity index (χ2v) is 10.3. The molecule has 3 N–H and O–H groups in total. The van der Waals surface area contributed by atoms with Crippen LogP contribution in [0.5, 0.6) is 0 Å². The lowest BCUT2D eigenvalue weighted by Gasteiger charge is -2.23. The zero-order chi connectivity index (χ0) is 25.2. The highest BCUT2D eigenvalue weighted by atomic mass is 35.5. The number of benzene rings is 1. The first-order valence-corrected chi connectivity index (χ1v) is 12.4. The summed E-state index contributed by atoms with van der Waals surface area (Å²) in [5.41, 5.74) is 1.23. The van der Waals surface area contributed by atoms with Gasteiger partial charge in [0.15, 0.2) is 5.15 Å². The molecule has 0 bridgehead atoms. The molecule has 2 aromatic rings. The van der Waals surface area contributed by atoms with Gasteiger partial charge in [-0.05, 0) is 33.3 Å². The highest BCUT2D eigenvalue weighted by Crippen LogP contribution is 2.38. The number of fused-ring (bicyclic) bond motifs is 2. The third-order valence-corrected chi connectivity index (χ3v) is 6.23. The maximum atomic E-state index is 12.5. The van der Waals surface area contributed by atoms with Gasteiger partial charge in [0.1, 0.15) is 23.5 Å². The smallest absolute Gasteiger partial charge is 0.408 e. The van der Waals surface area contributed by atoms with Crippen molar-refractivity contribution in [1.82, 2.24) is 10.3 Å². The van der Waals surface area contributed by atoms with Crippen molar-refractivity contribution in [3.63, 3.8) is 0 Å². The summed E-state index contributed by atoms with van der Waals surface area (Å²) in [7, 11) is 0. The minimum atomic E-state index is -0.594. The minimum absolute atomic E-state index is 0.117. The van der Waals surface area contributed by atoms with Gasteiger partial charge in [-0.1, -0.05) is 43.1 Å². The van der Waals surface area contributed by atoms with Crippen LogP contribution < -0.4 is 16.0 Å². The number of anilines is 2. The molecular weight excluding hydrogens is 472 g/mol. The van der Waals surface area contributed by atoms with Gasteiger partial charge < -0.3 is 30.2 Å². The first kappa shape index (κ1) is 25.5. The van der Waals surface area contributed by atoms with Crippen LogP contribution in [-0.2, 0) is 19.0 Å². The number of unbranched alkanes of at least 4 members (excludes halogenated alkanes) is 1. The summed E-state index contributed by atoms with van der Waals surface area (Å²) in [4.78, 5) is 29.3. The van der Waals surface area contributed by atoms with Gasteiger partial charge in [-0.3, -0.25) is 4.79 Å². The van der Waals surface area contributed by atoms with E-state index in [1.807, 2.05) is 52.0 Å². The van der Waals surface area contributed by atoms with E-state index in [2.05, 4.69) is 20.9 Å². The first-order chi connectivity index (χ1) is 16.7. The molecule has 1 aromatic carbocycles. The van der Waals surface area contributed by atoms with E-state index in [9.17, 15) is 9.59 Å². The zero-order valence-electron chi connectivity index (χ0n) is 20.5. The van der Waals surface area contributed by atoms with Crippen molar-refractivity contribution in [3.05, 3.63) is 29.4 Å². The Balaban J connectivity index is 1.54. The summed E-state index contributed by atoms with van der Waals surface area (Å²) in [6, 6.07) is 7.04. The number of ether oxygens (including phenoxy) is 3. The van der Waals surface area contributed by atoms with Gasteiger partial charge in [0, 0.05) is 11.8 Å². The Hall–Kier alpha value is -2.62. The molecule has 4 rings (SSSR count). The van der Waals surface area contributed by atoms with Gasteiger partial charge in [-0.15, -0.1) is 0 Å². The molecule has 2 saturated heterocycles. The largest absolute Gasteiger partial charge is 0.444 e. The molecule has 2 fully saturated rings. The Kier molecular flexibility index (Phi) is 7.68. The monoisotopic (exact) mass is 504 g/mol. The molecule has 190 valence electrons. The van der Waals surface area contributed by atoms with Crippen LogP contribution in [0.3, 0.4) is 0 Å². The molecule has 0 saturated carbocycles. The van der Waals surface area contributed by atoms with Crippen LogP contribution >= 0.6 is 11.6 Å². The Labute approximate surface area is 210 Å². The van der Waals surface area contributed by atoms with Crippen LogP contribution in [0.1, 0.15) is 47.0 Å². The van der Waals surface area contributed by atoms with Crippen LogP contribution in [-0.4, -0.2) is 60.1 Å². The highest BCUT2D eigenvalue weighted by Gasteiger charge is 2.48. The number of aromatic nitrogens is 1. The molecule has 2 amide bonds. The fraction of sp³-hybridized carbons (Fsp3) is 0.560. The second kappa shape index (κ2) is 10.6. The Morgan fingerprint density at radius 2 is 1.80 bits per heavy atom. The van der Waals surface area contributed by atoms with Gasteiger partial charge in [-0.25, -0.2) is 9.78 Å². The van der Waals surface area contributed by atoms with Crippen molar-refractivity contribution in [2.24, 2.45) is 0 Å². The number of carbonyl (C=O) groups excluding carboxylic acids is 2. The van der Waals surface area contributed by atoms with Crippen LogP contribution in [0.25, 0.3) is 10.9 Å². The Morgan fingerprint density at radius 3 is 2.51 bits per heavy atom. The molecule has 0 spiro atoms. The average molecular weight is 505 g/mol. The zero-order valence-corrected chi connectivity index (χ0v) is 21.3. The van der Waals surface area contributed by atoms with E-state index in [0.29, 0.717) is 36.5 Å². The summed E-state index contributed by atoms with van der Waals surface area (Å²) in [6.45, 7) is 8.15. The SMILES string of the molecule is CCCCC(=O)Nc1c(Cl)nc2ccccc2c1N[C@H]1CO[C@H]2[C@@H]1OC[C@@H]2NC(=O)OC(C)(C)C. The van der Waals surface area contributed by atoms with E-state index >= 15 is 0 Å². The number of halogens is 1. The van der Waals surface area contributed by atoms with Crippen molar-refractivity contribution in [3.8, 4) is 0 Å². The third-order valence-electron chi connectivity index (χ3n) is 5.96. The molecule has 4 atom stereocenters. The van der Waals surface area contributed by atoms with Gasteiger partial charge in [0.2, 0.25) is 5.91 Å². The summed E-state index contributed by atoms with van der Waals surface area (Å²) < 4.78 is 17.4. The summed E-state index contributed by atoms with van der Waals surface area (Å²) in [6.07, 6.45) is 0.969. The fourth-order valence-corrected chi connectivity index (χ4v) is 4.61. The van der Waals surface area contributed by atoms with Crippen LogP contribution in [0.2, 0.25) is 5.15 Å². The van der Waals surface area contributed by atoms with E-state index in [0.717, 1.165) is 18.2 Å². The molecule has 2 aliphatic heterocycles. The fourth-order valence-electron chi connectivity index (χ4n) is 4.38. The topological polar surface area (TPSA) is 111 Å². The number of pyridine rings is 1. The van der Waals surface area contributed by atoms with Gasteiger partial charge in [0.05, 0.1) is 36.5 Å². The van der Waals surface area contributed by atoms with Crippen LogP contribution in [0.4, 0.5) is 16.2 Å². The summed E-state index contributed by atoms with van der Waals surface area (Å²) >= 11 is 6.53. The Bertz CT molecular complexity index is 1090. The van der Waals surface area contributed by atoms with Crippen LogP contribution in [0.15, 0.2) is 24.3 Å². The Morgan fingerprint density at radius 1 is 1.11 bits per heavy atom.